The van der Waals surface area contributed by atoms with Gasteiger partial charge in [-0.3, -0.25) is 9.59 Å². The highest BCUT2D eigenvalue weighted by molar-refractivity contribution is 6.01. The van der Waals surface area contributed by atoms with Crippen molar-refractivity contribution in [1.29, 1.82) is 5.26 Å². The molecule has 0 aliphatic carbocycles. The van der Waals surface area contributed by atoms with Gasteiger partial charge in [0.25, 0.3) is 5.91 Å². The molecule has 0 atom stereocenters. The van der Waals surface area contributed by atoms with Crippen LogP contribution in [0.15, 0.2) is 36.4 Å². The van der Waals surface area contributed by atoms with Crippen molar-refractivity contribution in [1.82, 2.24) is 5.32 Å². The van der Waals surface area contributed by atoms with Crippen molar-refractivity contribution < 1.29 is 19.1 Å². The normalized spacial score (nSPS) is 10.4. The highest BCUT2D eigenvalue weighted by atomic mass is 16.6. The minimum atomic E-state index is -0.493. The van der Waals surface area contributed by atoms with Gasteiger partial charge in [-0.05, 0) is 23.8 Å². The molecule has 0 aliphatic heterocycles. The zero-order valence-corrected chi connectivity index (χ0v) is 13.1. The van der Waals surface area contributed by atoms with Crippen LogP contribution < -0.4 is 14.8 Å². The van der Waals surface area contributed by atoms with Gasteiger partial charge in [-0.2, -0.15) is 5.26 Å². The molecule has 0 unspecified atom stereocenters. The van der Waals surface area contributed by atoms with Crippen LogP contribution in [-0.2, 0) is 9.59 Å². The van der Waals surface area contributed by atoms with Crippen LogP contribution >= 0.6 is 0 Å². The summed E-state index contributed by atoms with van der Waals surface area (Å²) < 4.78 is 10.3. The largest absolute Gasteiger partial charge is 0.493 e. The summed E-state index contributed by atoms with van der Waals surface area (Å²) in [5, 5.41) is 11.6. The summed E-state index contributed by atoms with van der Waals surface area (Å²) in [6.07, 6.45) is 3.19. The quantitative estimate of drug-likeness (QED) is 0.274. The number of nitrogens with one attached hydrogen (secondary N) is 1. The van der Waals surface area contributed by atoms with E-state index < -0.39 is 5.91 Å². The molecule has 1 amide bonds. The van der Waals surface area contributed by atoms with Gasteiger partial charge in [-0.1, -0.05) is 19.1 Å². The third kappa shape index (κ3) is 5.32. The zero-order valence-electron chi connectivity index (χ0n) is 13.1. The first-order valence-corrected chi connectivity index (χ1v) is 6.95. The Morgan fingerprint density at radius 2 is 2.13 bits per heavy atom. The average Bonchev–Trinajstić information content (AvgIpc) is 2.58. The summed E-state index contributed by atoms with van der Waals surface area (Å²) >= 11 is 0. The first-order chi connectivity index (χ1) is 11.0. The van der Waals surface area contributed by atoms with Crippen LogP contribution in [0.2, 0.25) is 0 Å². The first-order valence-electron chi connectivity index (χ1n) is 6.95. The Bertz CT molecular complexity index is 672. The number of hydrogen-bond donors (Lipinski definition) is 1. The van der Waals surface area contributed by atoms with Gasteiger partial charge in [0, 0.05) is 13.0 Å². The monoisotopic (exact) mass is 314 g/mol. The Morgan fingerprint density at radius 1 is 1.39 bits per heavy atom. The number of carbonyl (C=O) groups is 2. The lowest BCUT2D eigenvalue weighted by Gasteiger charge is -2.09. The van der Waals surface area contributed by atoms with Crippen molar-refractivity contribution in [3.05, 3.63) is 42.0 Å². The van der Waals surface area contributed by atoms with Gasteiger partial charge in [0.15, 0.2) is 11.5 Å². The van der Waals surface area contributed by atoms with Gasteiger partial charge in [0.1, 0.15) is 11.6 Å². The predicted octanol–water partition coefficient (Wildman–Crippen LogP) is 2.22. The second kappa shape index (κ2) is 9.05. The van der Waals surface area contributed by atoms with Crippen LogP contribution in [0.25, 0.3) is 6.08 Å². The minimum Gasteiger partial charge on any atom is -0.493 e. The Hall–Kier alpha value is -3.07. The Labute approximate surface area is 135 Å². The molecule has 0 aromatic heterocycles. The van der Waals surface area contributed by atoms with E-state index in [4.69, 9.17) is 14.7 Å². The first kappa shape index (κ1) is 18.0. The number of methoxy groups -OCH3 is 1. The number of benzene rings is 1. The predicted molar refractivity (Wildman–Crippen MR) is 85.7 cm³/mol. The van der Waals surface area contributed by atoms with Gasteiger partial charge >= 0.3 is 5.97 Å². The smallest absolute Gasteiger partial charge is 0.311 e. The third-order valence-electron chi connectivity index (χ3n) is 2.78. The molecule has 6 heteroatoms. The number of nitrogens with zero attached hydrogens (tertiary/aromatic N) is 1. The minimum absolute atomic E-state index is 0.0489. The summed E-state index contributed by atoms with van der Waals surface area (Å²) in [5.41, 5.74) is 0.524. The molecular formula is C17H18N2O4. The maximum absolute atomic E-state index is 11.8. The highest BCUT2D eigenvalue weighted by Crippen LogP contribution is 2.29. The van der Waals surface area contributed by atoms with E-state index in [1.54, 1.807) is 25.1 Å². The van der Waals surface area contributed by atoms with E-state index in [9.17, 15) is 9.59 Å². The SMILES string of the molecule is C=CCNC(=O)/C(C#N)=C/c1ccc(OC(=O)CC)c(OC)c1. The van der Waals surface area contributed by atoms with Crippen molar-refractivity contribution in [3.8, 4) is 17.6 Å². The summed E-state index contributed by atoms with van der Waals surface area (Å²) in [5.74, 6) is -0.253. The number of esters is 1. The van der Waals surface area contributed by atoms with Crippen molar-refractivity contribution in [2.45, 2.75) is 13.3 Å². The molecule has 0 radical (unpaired) electrons. The van der Waals surface area contributed by atoms with Crippen LogP contribution in [0.4, 0.5) is 0 Å². The van der Waals surface area contributed by atoms with E-state index in [1.165, 1.54) is 19.3 Å². The topological polar surface area (TPSA) is 88.4 Å². The summed E-state index contributed by atoms with van der Waals surface area (Å²) in [6.45, 7) is 5.45. The molecule has 1 aromatic carbocycles. The van der Waals surface area contributed by atoms with E-state index in [2.05, 4.69) is 11.9 Å². The second-order valence-corrected chi connectivity index (χ2v) is 4.41. The van der Waals surface area contributed by atoms with Crippen LogP contribution in [-0.4, -0.2) is 25.5 Å². The number of nitriles is 1. The molecule has 0 fully saturated rings. The summed E-state index contributed by atoms with van der Waals surface area (Å²) in [6, 6.07) is 6.60. The number of amides is 1. The number of carbonyl (C=O) groups excluding carboxylic acids is 2. The van der Waals surface area contributed by atoms with E-state index in [-0.39, 0.29) is 30.3 Å². The lowest BCUT2D eigenvalue weighted by Crippen LogP contribution is -2.24. The molecule has 23 heavy (non-hydrogen) atoms. The Kier molecular flexibility index (Phi) is 7.08. The molecule has 0 spiro atoms. The van der Waals surface area contributed by atoms with Gasteiger partial charge in [-0.15, -0.1) is 6.58 Å². The average molecular weight is 314 g/mol. The molecule has 120 valence electrons. The Morgan fingerprint density at radius 3 is 2.70 bits per heavy atom. The lowest BCUT2D eigenvalue weighted by molar-refractivity contribution is -0.134. The third-order valence-corrected chi connectivity index (χ3v) is 2.78. The molecule has 1 rings (SSSR count). The van der Waals surface area contributed by atoms with E-state index in [0.717, 1.165) is 0 Å². The molecule has 0 saturated heterocycles. The van der Waals surface area contributed by atoms with E-state index >= 15 is 0 Å². The number of rotatable bonds is 7. The van der Waals surface area contributed by atoms with Crippen LogP contribution in [0.5, 0.6) is 11.5 Å². The van der Waals surface area contributed by atoms with Crippen molar-refractivity contribution in [2.24, 2.45) is 0 Å². The van der Waals surface area contributed by atoms with Gasteiger partial charge < -0.3 is 14.8 Å². The molecule has 0 saturated carbocycles. The van der Waals surface area contributed by atoms with Crippen molar-refractivity contribution >= 4 is 18.0 Å². The summed E-state index contributed by atoms with van der Waals surface area (Å²) in [7, 11) is 1.44. The number of ether oxygens (including phenoxy) is 2. The standard InChI is InChI=1S/C17H18N2O4/c1-4-8-19-17(21)13(11-18)9-12-6-7-14(15(10-12)22-3)23-16(20)5-2/h4,6-7,9-10H,1,5,8H2,2-3H3,(H,19,21)/b13-9+. The van der Waals surface area contributed by atoms with E-state index in [1.807, 2.05) is 6.07 Å². The van der Waals surface area contributed by atoms with Gasteiger partial charge in [-0.25, -0.2) is 0 Å². The highest BCUT2D eigenvalue weighted by Gasteiger charge is 2.11. The second-order valence-electron chi connectivity index (χ2n) is 4.41. The summed E-state index contributed by atoms with van der Waals surface area (Å²) in [4.78, 5) is 23.1. The molecule has 0 bridgehead atoms. The van der Waals surface area contributed by atoms with Crippen LogP contribution in [0.1, 0.15) is 18.9 Å². The van der Waals surface area contributed by atoms with Crippen molar-refractivity contribution in [2.75, 3.05) is 13.7 Å². The Balaban J connectivity index is 3.06. The van der Waals surface area contributed by atoms with E-state index in [0.29, 0.717) is 11.3 Å². The maximum atomic E-state index is 11.8. The van der Waals surface area contributed by atoms with Crippen molar-refractivity contribution in [3.63, 3.8) is 0 Å². The molecule has 1 aromatic rings. The molecule has 0 heterocycles. The van der Waals surface area contributed by atoms with Gasteiger partial charge in [0.05, 0.1) is 7.11 Å². The number of hydrogen-bond acceptors (Lipinski definition) is 5. The fourth-order valence-electron chi connectivity index (χ4n) is 1.63. The molecule has 1 N–H and O–H groups in total. The van der Waals surface area contributed by atoms with Gasteiger partial charge in [0.2, 0.25) is 0 Å². The molecular weight excluding hydrogens is 296 g/mol. The fourth-order valence-corrected chi connectivity index (χ4v) is 1.63. The molecule has 0 aliphatic rings. The molecule has 6 nitrogen and oxygen atoms in total. The maximum Gasteiger partial charge on any atom is 0.311 e. The fraction of sp³-hybridized carbons (Fsp3) is 0.235. The zero-order chi connectivity index (χ0) is 17.2. The van der Waals surface area contributed by atoms with Crippen LogP contribution in [0.3, 0.4) is 0 Å². The lowest BCUT2D eigenvalue weighted by atomic mass is 10.1. The van der Waals surface area contributed by atoms with Crippen LogP contribution in [0, 0.1) is 11.3 Å².